The molecule has 0 fully saturated rings. The molecule has 7 nitrogen and oxygen atoms in total. The quantitative estimate of drug-likeness (QED) is 0.274. The molecule has 4 aromatic rings. The van der Waals surface area contributed by atoms with Crippen LogP contribution >= 0.6 is 23.1 Å². The van der Waals surface area contributed by atoms with Crippen LogP contribution in [-0.4, -0.2) is 39.3 Å². The van der Waals surface area contributed by atoms with Gasteiger partial charge in [0, 0.05) is 23.2 Å². The molecule has 0 aliphatic rings. The summed E-state index contributed by atoms with van der Waals surface area (Å²) in [6.07, 6.45) is 0.947. The van der Waals surface area contributed by atoms with Gasteiger partial charge < -0.3 is 10.1 Å². The summed E-state index contributed by atoms with van der Waals surface area (Å²) in [5.41, 5.74) is 3.54. The van der Waals surface area contributed by atoms with Crippen LogP contribution in [0.2, 0.25) is 0 Å². The smallest absolute Gasteiger partial charge is 0.270 e. The van der Waals surface area contributed by atoms with Gasteiger partial charge in [-0.3, -0.25) is 9.36 Å². The minimum absolute atomic E-state index is 0.124. The first-order valence-electron chi connectivity index (χ1n) is 11.5. The fraction of sp³-hybridized carbons (Fsp3) is 0.308. The highest BCUT2D eigenvalue weighted by Gasteiger charge is 2.18. The van der Waals surface area contributed by atoms with Crippen molar-refractivity contribution >= 4 is 29.0 Å². The number of ether oxygens (including phenoxy) is 1. The van der Waals surface area contributed by atoms with Crippen LogP contribution in [0.15, 0.2) is 59.1 Å². The normalized spacial score (nSPS) is 11.1. The zero-order chi connectivity index (χ0) is 24.8. The van der Waals surface area contributed by atoms with E-state index >= 15 is 0 Å². The number of nitrogens with one attached hydrogen (secondary N) is 1. The largest absolute Gasteiger partial charge is 0.497 e. The van der Waals surface area contributed by atoms with Crippen molar-refractivity contribution in [2.24, 2.45) is 5.92 Å². The Hall–Kier alpha value is -3.17. The molecule has 4 rings (SSSR count). The second kappa shape index (κ2) is 11.5. The molecule has 1 N–H and O–H groups in total. The van der Waals surface area contributed by atoms with Gasteiger partial charge >= 0.3 is 0 Å². The van der Waals surface area contributed by atoms with Crippen molar-refractivity contribution in [1.29, 1.82) is 0 Å². The summed E-state index contributed by atoms with van der Waals surface area (Å²) in [5, 5.41) is 15.4. The van der Waals surface area contributed by atoms with E-state index < -0.39 is 0 Å². The van der Waals surface area contributed by atoms with Crippen molar-refractivity contribution < 1.29 is 9.53 Å². The molecular weight excluding hydrogens is 478 g/mol. The van der Waals surface area contributed by atoms with Gasteiger partial charge in [0.25, 0.3) is 5.91 Å². The highest BCUT2D eigenvalue weighted by molar-refractivity contribution is 7.98. The maximum absolute atomic E-state index is 12.4. The summed E-state index contributed by atoms with van der Waals surface area (Å²) in [7, 11) is 1.65. The Balaban J connectivity index is 1.55. The van der Waals surface area contributed by atoms with Crippen LogP contribution in [0.1, 0.15) is 41.3 Å². The van der Waals surface area contributed by atoms with Gasteiger partial charge in [0.05, 0.1) is 12.9 Å². The van der Waals surface area contributed by atoms with Crippen LogP contribution in [0.3, 0.4) is 0 Å². The summed E-state index contributed by atoms with van der Waals surface area (Å²) in [6.45, 7) is 7.00. The molecular formula is C26H29N5O2S2. The SMILES string of the molecule is COc1cccc(-c2nnc(SCc3nc(C(=O)NCCC(C)C)cs3)n2-c2ccc(C)cc2)c1. The third-order valence-electron chi connectivity index (χ3n) is 5.37. The van der Waals surface area contributed by atoms with Gasteiger partial charge in [-0.25, -0.2) is 4.98 Å². The van der Waals surface area contributed by atoms with Gasteiger partial charge in [-0.15, -0.1) is 21.5 Å². The molecule has 2 aromatic carbocycles. The molecule has 0 spiro atoms. The molecule has 0 unspecified atom stereocenters. The number of rotatable bonds is 10. The Bertz CT molecular complexity index is 1280. The third-order valence-corrected chi connectivity index (χ3v) is 7.34. The summed E-state index contributed by atoms with van der Waals surface area (Å²) < 4.78 is 7.45. The number of amides is 1. The number of thioether (sulfide) groups is 1. The molecule has 2 aromatic heterocycles. The lowest BCUT2D eigenvalue weighted by atomic mass is 10.1. The van der Waals surface area contributed by atoms with E-state index in [1.54, 1.807) is 18.9 Å². The minimum atomic E-state index is -0.124. The van der Waals surface area contributed by atoms with Crippen LogP contribution in [-0.2, 0) is 5.75 Å². The van der Waals surface area contributed by atoms with Crippen molar-refractivity contribution in [3.63, 3.8) is 0 Å². The van der Waals surface area contributed by atoms with Crippen LogP contribution in [0.25, 0.3) is 17.1 Å². The molecule has 1 amide bonds. The minimum Gasteiger partial charge on any atom is -0.497 e. The number of hydrogen-bond donors (Lipinski definition) is 1. The van der Waals surface area contributed by atoms with Crippen molar-refractivity contribution in [2.45, 2.75) is 38.1 Å². The number of thiazole rings is 1. The predicted octanol–water partition coefficient (Wildman–Crippen LogP) is 5.78. The Morgan fingerprint density at radius 1 is 1.17 bits per heavy atom. The number of carbonyl (C=O) groups is 1. The van der Waals surface area contributed by atoms with E-state index in [0.29, 0.717) is 23.9 Å². The maximum Gasteiger partial charge on any atom is 0.270 e. The molecule has 0 bridgehead atoms. The van der Waals surface area contributed by atoms with E-state index in [-0.39, 0.29) is 5.91 Å². The number of methoxy groups -OCH3 is 1. The van der Waals surface area contributed by atoms with Crippen molar-refractivity contribution in [2.75, 3.05) is 13.7 Å². The second-order valence-corrected chi connectivity index (χ2v) is 10.4. The standard InChI is InChI=1S/C26H29N5O2S2/c1-17(2)12-13-27-25(32)22-15-34-23(28-22)16-35-26-30-29-24(19-6-5-7-21(14-19)33-4)31(26)20-10-8-18(3)9-11-20/h5-11,14-15,17H,12-13,16H2,1-4H3,(H,27,32). The van der Waals surface area contributed by atoms with Gasteiger partial charge in [-0.2, -0.15) is 0 Å². The number of aromatic nitrogens is 4. The maximum atomic E-state index is 12.4. The molecule has 0 aliphatic carbocycles. The molecule has 9 heteroatoms. The lowest BCUT2D eigenvalue weighted by molar-refractivity contribution is 0.0947. The van der Waals surface area contributed by atoms with E-state index in [2.05, 4.69) is 65.5 Å². The zero-order valence-corrected chi connectivity index (χ0v) is 21.9. The fourth-order valence-electron chi connectivity index (χ4n) is 3.41. The Morgan fingerprint density at radius 2 is 1.97 bits per heavy atom. The molecule has 2 heterocycles. The first-order chi connectivity index (χ1) is 16.9. The summed E-state index contributed by atoms with van der Waals surface area (Å²) in [6, 6.07) is 16.1. The molecule has 0 atom stereocenters. The molecule has 0 saturated heterocycles. The van der Waals surface area contributed by atoms with Gasteiger partial charge in [0.1, 0.15) is 16.5 Å². The van der Waals surface area contributed by atoms with E-state index in [4.69, 9.17) is 4.74 Å². The predicted molar refractivity (Wildman–Crippen MR) is 142 cm³/mol. The highest BCUT2D eigenvalue weighted by Crippen LogP contribution is 2.31. The molecule has 35 heavy (non-hydrogen) atoms. The fourth-order valence-corrected chi connectivity index (χ4v) is 5.16. The Kier molecular flexibility index (Phi) is 8.20. The van der Waals surface area contributed by atoms with Crippen LogP contribution in [0.5, 0.6) is 5.75 Å². The van der Waals surface area contributed by atoms with Crippen molar-refractivity contribution in [3.05, 3.63) is 70.2 Å². The first kappa shape index (κ1) is 24.9. The van der Waals surface area contributed by atoms with Crippen LogP contribution in [0.4, 0.5) is 0 Å². The monoisotopic (exact) mass is 507 g/mol. The van der Waals surface area contributed by atoms with Gasteiger partial charge in [0.2, 0.25) is 0 Å². The molecule has 0 aliphatic heterocycles. The Labute approximate surface area is 214 Å². The number of aryl methyl sites for hydroxylation is 1. The van der Waals surface area contributed by atoms with Crippen LogP contribution < -0.4 is 10.1 Å². The summed E-state index contributed by atoms with van der Waals surface area (Å²) in [4.78, 5) is 16.9. The summed E-state index contributed by atoms with van der Waals surface area (Å²) >= 11 is 3.03. The van der Waals surface area contributed by atoms with Crippen molar-refractivity contribution in [3.8, 4) is 22.8 Å². The van der Waals surface area contributed by atoms with Gasteiger partial charge in [-0.05, 0) is 43.5 Å². The number of benzene rings is 2. The second-order valence-electron chi connectivity index (χ2n) is 8.56. The van der Waals surface area contributed by atoms with E-state index in [1.807, 2.05) is 34.2 Å². The average molecular weight is 508 g/mol. The van der Waals surface area contributed by atoms with Gasteiger partial charge in [0.15, 0.2) is 11.0 Å². The Morgan fingerprint density at radius 3 is 2.71 bits per heavy atom. The summed E-state index contributed by atoms with van der Waals surface area (Å²) in [5.74, 6) is 2.51. The lowest BCUT2D eigenvalue weighted by Crippen LogP contribution is -2.25. The molecule has 182 valence electrons. The number of hydrogen-bond acceptors (Lipinski definition) is 7. The average Bonchev–Trinajstić information content (AvgIpc) is 3.50. The highest BCUT2D eigenvalue weighted by atomic mass is 32.2. The van der Waals surface area contributed by atoms with E-state index in [0.717, 1.165) is 39.4 Å². The van der Waals surface area contributed by atoms with E-state index in [9.17, 15) is 4.79 Å². The third kappa shape index (κ3) is 6.29. The molecule has 0 radical (unpaired) electrons. The van der Waals surface area contributed by atoms with Gasteiger partial charge in [-0.1, -0.05) is 55.4 Å². The lowest BCUT2D eigenvalue weighted by Gasteiger charge is -2.11. The first-order valence-corrected chi connectivity index (χ1v) is 13.3. The molecule has 0 saturated carbocycles. The van der Waals surface area contributed by atoms with Crippen LogP contribution in [0, 0.1) is 12.8 Å². The van der Waals surface area contributed by atoms with Crippen molar-refractivity contribution in [1.82, 2.24) is 25.1 Å². The van der Waals surface area contributed by atoms with E-state index in [1.165, 1.54) is 16.9 Å². The topological polar surface area (TPSA) is 81.9 Å². The zero-order valence-electron chi connectivity index (χ0n) is 20.3. The number of nitrogens with zero attached hydrogens (tertiary/aromatic N) is 4. The number of carbonyl (C=O) groups excluding carboxylic acids is 1.